The van der Waals surface area contributed by atoms with E-state index in [0.29, 0.717) is 23.4 Å². The van der Waals surface area contributed by atoms with Gasteiger partial charge in [0.2, 0.25) is 0 Å². The largest absolute Gasteiger partial charge is 0.519 e. The van der Waals surface area contributed by atoms with Gasteiger partial charge in [0.05, 0.1) is 0 Å². The van der Waals surface area contributed by atoms with E-state index in [0.717, 1.165) is 17.7 Å². The van der Waals surface area contributed by atoms with Gasteiger partial charge in [0.15, 0.2) is 5.76 Å². The molecular weight excluding hydrogens is 496 g/mol. The molecule has 3 aromatic rings. The van der Waals surface area contributed by atoms with E-state index in [-0.39, 0.29) is 16.9 Å². The lowest BCUT2D eigenvalue weighted by Gasteiger charge is -2.26. The molecule has 5 rings (SSSR count). The van der Waals surface area contributed by atoms with Crippen LogP contribution in [0.15, 0.2) is 62.7 Å². The Labute approximate surface area is 241 Å². The topological polar surface area (TPSA) is 52.6 Å². The van der Waals surface area contributed by atoms with E-state index >= 15 is 0 Å². The van der Waals surface area contributed by atoms with Crippen molar-refractivity contribution < 1.29 is 13.6 Å². The second-order valence-corrected chi connectivity index (χ2v) is 14.4. The summed E-state index contributed by atoms with van der Waals surface area (Å²) in [7, 11) is 0. The Balaban J connectivity index is 0.000000166. The minimum atomic E-state index is -0.587. The number of aryl methyl sites for hydroxylation is 3. The van der Waals surface area contributed by atoms with Crippen LogP contribution in [0.3, 0.4) is 0 Å². The minimum absolute atomic E-state index is 0.115. The minimum Gasteiger partial charge on any atom is -0.485 e. The monoisotopic (exact) mass is 546 g/mol. The molecule has 0 fully saturated rings. The molecule has 2 heterocycles. The molecule has 40 heavy (non-hydrogen) atoms. The first-order valence-electron chi connectivity index (χ1n) is 14.7. The van der Waals surface area contributed by atoms with Crippen LogP contribution in [-0.2, 0) is 35.8 Å². The molecule has 4 heteroatoms. The van der Waals surface area contributed by atoms with Gasteiger partial charge in [0, 0.05) is 29.4 Å². The average Bonchev–Trinajstić information content (AvgIpc) is 3.54. The van der Waals surface area contributed by atoms with Gasteiger partial charge in [-0.3, -0.25) is 0 Å². The highest BCUT2D eigenvalue weighted by Gasteiger charge is 2.35. The van der Waals surface area contributed by atoms with E-state index < -0.39 is 5.82 Å². The zero-order valence-electron chi connectivity index (χ0n) is 26.5. The molecule has 1 aliphatic carbocycles. The molecule has 1 unspecified atom stereocenters. The maximum Gasteiger partial charge on any atom is 0.519 e. The summed E-state index contributed by atoms with van der Waals surface area (Å²) in [6, 6.07) is 15.3. The third-order valence-electron chi connectivity index (χ3n) is 7.29. The molecule has 0 saturated heterocycles. The van der Waals surface area contributed by atoms with Crippen molar-refractivity contribution in [2.75, 3.05) is 0 Å². The summed E-state index contributed by atoms with van der Waals surface area (Å²) >= 11 is 0. The molecule has 2 aromatic carbocycles. The smallest absolute Gasteiger partial charge is 0.485 e. The molecule has 1 aliphatic heterocycles. The number of benzene rings is 2. The Morgan fingerprint density at radius 2 is 1.48 bits per heavy atom. The van der Waals surface area contributed by atoms with E-state index in [9.17, 15) is 4.79 Å². The van der Waals surface area contributed by atoms with Crippen molar-refractivity contribution >= 4 is 5.76 Å². The van der Waals surface area contributed by atoms with Gasteiger partial charge in [-0.2, -0.15) is 0 Å². The van der Waals surface area contributed by atoms with Gasteiger partial charge < -0.3 is 13.6 Å². The molecule has 0 radical (unpaired) electrons. The predicted octanol–water partition coefficient (Wildman–Crippen LogP) is 9.63. The lowest BCUT2D eigenvalue weighted by Crippen LogP contribution is -2.17. The fraction of sp³-hybridized carbons (Fsp3) is 0.528. The summed E-state index contributed by atoms with van der Waals surface area (Å²) in [5.74, 6) is 1.59. The SMILES string of the molecule is C=C1OC(C(C)(C)C)c2ccccc21.CC(C)(C)c1ccc2c(c1)CCC2.CCc1oc(=O)oc1CC(C)(C)C. The van der Waals surface area contributed by atoms with Crippen molar-refractivity contribution in [2.24, 2.45) is 10.8 Å². The average molecular weight is 547 g/mol. The molecular formula is C36H50O4. The summed E-state index contributed by atoms with van der Waals surface area (Å²) in [4.78, 5) is 10.8. The van der Waals surface area contributed by atoms with Crippen LogP contribution >= 0.6 is 0 Å². The molecule has 2 aliphatic rings. The third kappa shape index (κ3) is 8.25. The molecule has 1 atom stereocenters. The van der Waals surface area contributed by atoms with E-state index in [1.165, 1.54) is 30.4 Å². The number of rotatable bonds is 2. The van der Waals surface area contributed by atoms with Crippen LogP contribution in [0.4, 0.5) is 0 Å². The van der Waals surface area contributed by atoms with Crippen molar-refractivity contribution in [2.45, 2.75) is 113 Å². The summed E-state index contributed by atoms with van der Waals surface area (Å²) in [6.07, 6.45) is 5.52. The van der Waals surface area contributed by atoms with Crippen molar-refractivity contribution in [3.63, 3.8) is 0 Å². The van der Waals surface area contributed by atoms with Crippen molar-refractivity contribution in [3.8, 4) is 0 Å². The Kier molecular flexibility index (Phi) is 9.65. The number of ether oxygens (including phenoxy) is 1. The highest BCUT2D eigenvalue weighted by molar-refractivity contribution is 5.65. The van der Waals surface area contributed by atoms with Gasteiger partial charge >= 0.3 is 5.82 Å². The van der Waals surface area contributed by atoms with Crippen LogP contribution in [0.1, 0.15) is 121 Å². The van der Waals surface area contributed by atoms with Gasteiger partial charge in [-0.25, -0.2) is 4.79 Å². The van der Waals surface area contributed by atoms with E-state index in [1.807, 2.05) is 13.0 Å². The normalized spacial score (nSPS) is 16.2. The maximum atomic E-state index is 10.8. The second-order valence-electron chi connectivity index (χ2n) is 14.4. The standard InChI is InChI=1S/C13H16O.C13H18.C10H16O3/c1-9-10-7-5-6-8-11(10)12(14-9)13(2,3)4;1-13(2,3)12-8-7-10-5-4-6-11(10)9-12;1-5-7-8(6-10(2,3)4)13-9(11)12-7/h5-8,12H,1H2,2-4H3;7-9H,4-6H2,1-3H3;5-6H2,1-4H3. The zero-order valence-corrected chi connectivity index (χ0v) is 26.5. The zero-order chi connectivity index (χ0) is 29.9. The third-order valence-corrected chi connectivity index (χ3v) is 7.29. The van der Waals surface area contributed by atoms with E-state index in [1.54, 1.807) is 11.1 Å². The first-order chi connectivity index (χ1) is 18.5. The Morgan fingerprint density at radius 3 is 2.08 bits per heavy atom. The highest BCUT2D eigenvalue weighted by atomic mass is 16.6. The van der Waals surface area contributed by atoms with Crippen molar-refractivity contribution in [1.82, 2.24) is 0 Å². The molecule has 0 bridgehead atoms. The summed E-state index contributed by atoms with van der Waals surface area (Å²) in [5, 5.41) is 0. The molecule has 218 valence electrons. The lowest BCUT2D eigenvalue weighted by atomic mass is 9.84. The van der Waals surface area contributed by atoms with Gasteiger partial charge in [-0.15, -0.1) is 0 Å². The second kappa shape index (κ2) is 12.2. The molecule has 0 amide bonds. The maximum absolute atomic E-state index is 10.8. The van der Waals surface area contributed by atoms with Crippen molar-refractivity contribution in [3.05, 3.63) is 99.0 Å². The van der Waals surface area contributed by atoms with Gasteiger partial charge in [-0.1, -0.05) is 118 Å². The summed E-state index contributed by atoms with van der Waals surface area (Å²) in [6.45, 7) is 25.6. The van der Waals surface area contributed by atoms with Crippen LogP contribution in [0.25, 0.3) is 5.76 Å². The quantitative estimate of drug-likeness (QED) is 0.321. The predicted molar refractivity (Wildman–Crippen MR) is 166 cm³/mol. The number of hydrogen-bond donors (Lipinski definition) is 0. The molecule has 4 nitrogen and oxygen atoms in total. The fourth-order valence-electron chi connectivity index (χ4n) is 5.15. The van der Waals surface area contributed by atoms with Crippen LogP contribution in [0.5, 0.6) is 0 Å². The first-order valence-corrected chi connectivity index (χ1v) is 14.7. The Morgan fingerprint density at radius 1 is 0.850 bits per heavy atom. The summed E-state index contributed by atoms with van der Waals surface area (Å²) in [5.41, 5.74) is 7.61. The lowest BCUT2D eigenvalue weighted by molar-refractivity contribution is 0.0751. The van der Waals surface area contributed by atoms with Gasteiger partial charge in [0.25, 0.3) is 0 Å². The Bertz CT molecular complexity index is 1350. The highest BCUT2D eigenvalue weighted by Crippen LogP contribution is 2.46. The van der Waals surface area contributed by atoms with Crippen LogP contribution in [0.2, 0.25) is 0 Å². The number of hydrogen-bond acceptors (Lipinski definition) is 4. The van der Waals surface area contributed by atoms with E-state index in [2.05, 4.69) is 105 Å². The van der Waals surface area contributed by atoms with E-state index in [4.69, 9.17) is 13.6 Å². The van der Waals surface area contributed by atoms with Gasteiger partial charge in [0.1, 0.15) is 17.6 Å². The van der Waals surface area contributed by atoms with Gasteiger partial charge in [-0.05, 0) is 46.8 Å². The molecule has 0 saturated carbocycles. The number of fused-ring (bicyclic) bond motifs is 2. The fourth-order valence-corrected chi connectivity index (χ4v) is 5.15. The van der Waals surface area contributed by atoms with Crippen LogP contribution in [0, 0.1) is 10.8 Å². The van der Waals surface area contributed by atoms with Crippen LogP contribution in [-0.4, -0.2) is 0 Å². The molecule has 1 aromatic heterocycles. The van der Waals surface area contributed by atoms with Crippen molar-refractivity contribution in [1.29, 1.82) is 0 Å². The Hall–Kier alpha value is -3.01. The summed E-state index contributed by atoms with van der Waals surface area (Å²) < 4.78 is 15.6. The van der Waals surface area contributed by atoms with Crippen LogP contribution < -0.4 is 5.82 Å². The first kappa shape index (κ1) is 31.5. The molecule has 0 spiro atoms. The molecule has 0 N–H and O–H groups in total.